The van der Waals surface area contributed by atoms with Crippen LogP contribution in [0.5, 0.6) is 0 Å². The first-order valence-corrected chi connectivity index (χ1v) is 8.69. The average Bonchev–Trinajstić information content (AvgIpc) is 3.32. The molecule has 0 unspecified atom stereocenters. The van der Waals surface area contributed by atoms with Gasteiger partial charge in [-0.3, -0.25) is 9.89 Å². The molecule has 1 N–H and O–H groups in total. The van der Waals surface area contributed by atoms with Crippen LogP contribution in [0.25, 0.3) is 0 Å². The van der Waals surface area contributed by atoms with Crippen molar-refractivity contribution in [1.29, 1.82) is 0 Å². The van der Waals surface area contributed by atoms with Crippen LogP contribution in [0.1, 0.15) is 40.2 Å². The van der Waals surface area contributed by atoms with Gasteiger partial charge in [-0.25, -0.2) is 0 Å². The highest BCUT2D eigenvalue weighted by Crippen LogP contribution is 2.29. The number of nitrogens with zero attached hydrogens (tertiary/aromatic N) is 3. The Hall–Kier alpha value is -2.85. The van der Waals surface area contributed by atoms with Crippen LogP contribution in [-0.2, 0) is 18.8 Å². The highest BCUT2D eigenvalue weighted by atomic mass is 19.4. The van der Waals surface area contributed by atoms with Gasteiger partial charge >= 0.3 is 12.4 Å². The molecule has 3 rings (SSSR count). The Bertz CT molecular complexity index is 892. The van der Waals surface area contributed by atoms with Crippen LogP contribution in [-0.4, -0.2) is 39.9 Å². The van der Waals surface area contributed by atoms with Crippen LogP contribution < -0.4 is 0 Å². The minimum Gasteiger partial charge on any atom is -0.360 e. The SMILES string of the molecule is O=C(N=C(Cc1cc(C(F)(F)F)n[nH]1)N1CCCC1)c1ccc(C(F)(F)F)cc1. The van der Waals surface area contributed by atoms with Crippen LogP contribution in [0.15, 0.2) is 35.3 Å². The van der Waals surface area contributed by atoms with Crippen molar-refractivity contribution in [2.24, 2.45) is 4.99 Å². The second kappa shape index (κ2) is 7.88. The summed E-state index contributed by atoms with van der Waals surface area (Å²) >= 11 is 0. The highest BCUT2D eigenvalue weighted by Gasteiger charge is 2.34. The smallest absolute Gasteiger partial charge is 0.360 e. The van der Waals surface area contributed by atoms with Gasteiger partial charge in [-0.15, -0.1) is 0 Å². The van der Waals surface area contributed by atoms with Crippen LogP contribution in [0.3, 0.4) is 0 Å². The summed E-state index contributed by atoms with van der Waals surface area (Å²) < 4.78 is 76.2. The number of amidine groups is 1. The number of aromatic nitrogens is 2. The number of amides is 1. The number of benzene rings is 1. The van der Waals surface area contributed by atoms with E-state index in [2.05, 4.69) is 15.2 Å². The minimum atomic E-state index is -4.60. The summed E-state index contributed by atoms with van der Waals surface area (Å²) in [7, 11) is 0. The first kappa shape index (κ1) is 20.9. The molecule has 11 heteroatoms. The number of rotatable bonds is 3. The van der Waals surface area contributed by atoms with E-state index >= 15 is 0 Å². The molecule has 0 bridgehead atoms. The number of likely N-dealkylation sites (tertiary alicyclic amines) is 1. The molecule has 1 aliphatic heterocycles. The number of carbonyl (C=O) groups is 1. The fraction of sp³-hybridized carbons (Fsp3) is 0.389. The Balaban J connectivity index is 1.83. The molecule has 0 spiro atoms. The topological polar surface area (TPSA) is 61.4 Å². The van der Waals surface area contributed by atoms with Crippen molar-refractivity contribution in [2.45, 2.75) is 31.6 Å². The maximum Gasteiger partial charge on any atom is 0.435 e. The van der Waals surface area contributed by atoms with Crippen molar-refractivity contribution in [3.63, 3.8) is 0 Å². The van der Waals surface area contributed by atoms with E-state index in [4.69, 9.17) is 0 Å². The number of H-pyrrole nitrogens is 1. The zero-order valence-electron chi connectivity index (χ0n) is 14.9. The molecule has 0 atom stereocenters. The van der Waals surface area contributed by atoms with Gasteiger partial charge in [0.1, 0.15) is 5.84 Å². The fourth-order valence-electron chi connectivity index (χ4n) is 2.95. The van der Waals surface area contributed by atoms with E-state index in [9.17, 15) is 31.1 Å². The maximum atomic E-state index is 12.7. The van der Waals surface area contributed by atoms with Gasteiger partial charge in [-0.1, -0.05) is 0 Å². The van der Waals surface area contributed by atoms with E-state index in [0.717, 1.165) is 43.2 Å². The lowest BCUT2D eigenvalue weighted by molar-refractivity contribution is -0.141. The van der Waals surface area contributed by atoms with Crippen molar-refractivity contribution >= 4 is 11.7 Å². The molecular weight excluding hydrogens is 402 g/mol. The Morgan fingerprint density at radius 1 is 1.03 bits per heavy atom. The molecule has 1 aromatic carbocycles. The van der Waals surface area contributed by atoms with Gasteiger partial charge in [0.05, 0.1) is 5.56 Å². The predicted octanol–water partition coefficient (Wildman–Crippen LogP) is 4.32. The molecule has 0 saturated carbocycles. The second-order valence-electron chi connectivity index (χ2n) is 6.56. The molecule has 1 aliphatic rings. The third-order valence-electron chi connectivity index (χ3n) is 4.43. The first-order chi connectivity index (χ1) is 13.5. The zero-order valence-corrected chi connectivity index (χ0v) is 14.9. The van der Waals surface area contributed by atoms with Crippen molar-refractivity contribution < 1.29 is 31.1 Å². The number of alkyl halides is 6. The molecule has 5 nitrogen and oxygen atoms in total. The summed E-state index contributed by atoms with van der Waals surface area (Å²) in [6.45, 7) is 1.17. The van der Waals surface area contributed by atoms with Gasteiger partial charge in [-0.2, -0.15) is 36.4 Å². The second-order valence-corrected chi connectivity index (χ2v) is 6.56. The normalized spacial score (nSPS) is 15.8. The molecular formula is C18H16F6N4O. The van der Waals surface area contributed by atoms with E-state index in [1.54, 1.807) is 4.90 Å². The van der Waals surface area contributed by atoms with Gasteiger partial charge in [0.25, 0.3) is 5.91 Å². The van der Waals surface area contributed by atoms with E-state index in [-0.39, 0.29) is 23.5 Å². The van der Waals surface area contributed by atoms with Gasteiger partial charge in [0.2, 0.25) is 0 Å². The first-order valence-electron chi connectivity index (χ1n) is 8.69. The number of aliphatic imine (C=N–C) groups is 1. The van der Waals surface area contributed by atoms with Crippen LogP contribution in [0, 0.1) is 0 Å². The summed E-state index contributed by atoms with van der Waals surface area (Å²) in [6, 6.07) is 4.45. The molecule has 0 aliphatic carbocycles. The number of halogens is 6. The van der Waals surface area contributed by atoms with E-state index < -0.39 is 29.5 Å². The highest BCUT2D eigenvalue weighted by molar-refractivity contribution is 6.03. The van der Waals surface area contributed by atoms with Gasteiger partial charge in [0, 0.05) is 30.8 Å². The zero-order chi connectivity index (χ0) is 21.2. The monoisotopic (exact) mass is 418 g/mol. The predicted molar refractivity (Wildman–Crippen MR) is 91.3 cm³/mol. The fourth-order valence-corrected chi connectivity index (χ4v) is 2.95. The molecule has 1 amide bonds. The Morgan fingerprint density at radius 3 is 2.17 bits per heavy atom. The van der Waals surface area contributed by atoms with Crippen molar-refractivity contribution in [1.82, 2.24) is 15.1 Å². The van der Waals surface area contributed by atoms with Gasteiger partial charge in [-0.05, 0) is 43.2 Å². The summed E-state index contributed by atoms with van der Waals surface area (Å²) in [5, 5.41) is 5.51. The van der Waals surface area contributed by atoms with E-state index in [1.807, 2.05) is 0 Å². The van der Waals surface area contributed by atoms with Gasteiger partial charge < -0.3 is 4.90 Å². The molecule has 1 saturated heterocycles. The van der Waals surface area contributed by atoms with Crippen LogP contribution in [0.2, 0.25) is 0 Å². The number of carbonyl (C=O) groups excluding carboxylic acids is 1. The largest absolute Gasteiger partial charge is 0.435 e. The summed E-state index contributed by atoms with van der Waals surface area (Å²) in [6.07, 6.45) is -7.54. The summed E-state index contributed by atoms with van der Waals surface area (Å²) in [4.78, 5) is 18.2. The lowest BCUT2D eigenvalue weighted by atomic mass is 10.1. The Morgan fingerprint density at radius 2 is 1.66 bits per heavy atom. The number of hydrogen-bond donors (Lipinski definition) is 1. The molecule has 2 aromatic rings. The Labute approximate surface area is 161 Å². The minimum absolute atomic E-state index is 0.0460. The third kappa shape index (κ3) is 5.15. The molecule has 0 radical (unpaired) electrons. The lowest BCUT2D eigenvalue weighted by Crippen LogP contribution is -2.30. The maximum absolute atomic E-state index is 12.7. The van der Waals surface area contributed by atoms with Crippen LogP contribution >= 0.6 is 0 Å². The molecule has 2 heterocycles. The number of nitrogens with one attached hydrogen (secondary N) is 1. The quantitative estimate of drug-likeness (QED) is 0.459. The van der Waals surface area contributed by atoms with Crippen molar-refractivity contribution in [3.05, 3.63) is 52.8 Å². The van der Waals surface area contributed by atoms with Crippen LogP contribution in [0.4, 0.5) is 26.3 Å². The standard InChI is InChI=1S/C18H16F6N4O/c19-17(20,21)12-5-3-11(4-6-12)16(29)25-15(28-7-1-2-8-28)10-13-9-14(27-26-13)18(22,23)24/h3-6,9H,1-2,7-8,10H2,(H,26,27). The Kier molecular flexibility index (Phi) is 5.67. The summed E-state index contributed by atoms with van der Waals surface area (Å²) in [5.41, 5.74) is -1.89. The van der Waals surface area contributed by atoms with Crippen molar-refractivity contribution in [3.8, 4) is 0 Å². The lowest BCUT2D eigenvalue weighted by Gasteiger charge is -2.19. The number of hydrogen-bond acceptors (Lipinski definition) is 2. The molecule has 1 fully saturated rings. The summed E-state index contributed by atoms with van der Waals surface area (Å²) in [5.74, 6) is -0.527. The number of aromatic amines is 1. The molecule has 29 heavy (non-hydrogen) atoms. The molecule has 156 valence electrons. The van der Waals surface area contributed by atoms with Gasteiger partial charge in [0.15, 0.2) is 5.69 Å². The van der Waals surface area contributed by atoms with Crippen molar-refractivity contribution in [2.75, 3.05) is 13.1 Å². The van der Waals surface area contributed by atoms with E-state index in [0.29, 0.717) is 13.1 Å². The van der Waals surface area contributed by atoms with E-state index in [1.165, 1.54) is 0 Å². The molecule has 1 aromatic heterocycles. The average molecular weight is 418 g/mol. The third-order valence-corrected chi connectivity index (χ3v) is 4.43.